The van der Waals surface area contributed by atoms with Crippen LogP contribution in [0.25, 0.3) is 0 Å². The maximum Gasteiger partial charge on any atom is 0.316 e. The van der Waals surface area contributed by atoms with Crippen LogP contribution in [0.2, 0.25) is 0 Å². The second-order valence-corrected chi connectivity index (χ2v) is 5.41. The van der Waals surface area contributed by atoms with E-state index in [9.17, 15) is 19.7 Å². The van der Waals surface area contributed by atoms with Crippen LogP contribution in [0.5, 0.6) is 0 Å². The fraction of sp³-hybridized carbons (Fsp3) is 0.467. The van der Waals surface area contributed by atoms with Gasteiger partial charge < -0.3 is 9.30 Å². The van der Waals surface area contributed by atoms with Gasteiger partial charge in [0.2, 0.25) is 11.8 Å². The number of esters is 1. The molecule has 0 N–H and O–H groups in total. The number of aryl methyl sites for hydroxylation is 1. The summed E-state index contributed by atoms with van der Waals surface area (Å²) in [5.74, 6) is -1.69. The molecule has 0 radical (unpaired) electrons. The first-order valence-corrected chi connectivity index (χ1v) is 6.97. The van der Waals surface area contributed by atoms with Gasteiger partial charge >= 0.3 is 5.97 Å². The predicted molar refractivity (Wildman–Crippen MR) is 78.3 cm³/mol. The lowest BCUT2D eigenvalue weighted by Crippen LogP contribution is -2.18. The molecule has 0 spiro atoms. The van der Waals surface area contributed by atoms with Crippen molar-refractivity contribution in [2.45, 2.75) is 32.9 Å². The average molecular weight is 306 g/mol. The highest BCUT2D eigenvalue weighted by Crippen LogP contribution is 2.34. The molecule has 7 heteroatoms. The van der Waals surface area contributed by atoms with Crippen molar-refractivity contribution in [3.63, 3.8) is 0 Å². The predicted octanol–water partition coefficient (Wildman–Crippen LogP) is 1.68. The van der Waals surface area contributed by atoms with E-state index in [0.29, 0.717) is 12.1 Å². The fourth-order valence-corrected chi connectivity index (χ4v) is 2.48. The molecule has 1 aliphatic carbocycles. The molecule has 1 aliphatic rings. The molecule has 1 aromatic heterocycles. The van der Waals surface area contributed by atoms with Crippen molar-refractivity contribution >= 4 is 11.8 Å². The van der Waals surface area contributed by atoms with Gasteiger partial charge in [-0.25, -0.2) is 0 Å². The van der Waals surface area contributed by atoms with E-state index in [-0.39, 0.29) is 12.2 Å². The van der Waals surface area contributed by atoms with Crippen LogP contribution in [0.4, 0.5) is 0 Å². The van der Waals surface area contributed by atoms with Gasteiger partial charge in [-0.3, -0.25) is 19.7 Å². The average Bonchev–Trinajstić information content (AvgIpc) is 3.22. The van der Waals surface area contributed by atoms with Gasteiger partial charge in [-0.15, -0.1) is 6.58 Å². The summed E-state index contributed by atoms with van der Waals surface area (Å²) >= 11 is 0. The Kier molecular flexibility index (Phi) is 4.44. The molecular formula is C15H18N2O5. The molecule has 0 amide bonds. The Balaban J connectivity index is 1.96. The molecule has 0 aromatic carbocycles. The lowest BCUT2D eigenvalue weighted by atomic mass is 10.1. The molecule has 1 heterocycles. The summed E-state index contributed by atoms with van der Waals surface area (Å²) in [6.07, 6.45) is 1.92. The van der Waals surface area contributed by atoms with Crippen molar-refractivity contribution in [1.82, 2.24) is 4.57 Å². The zero-order valence-electron chi connectivity index (χ0n) is 12.6. The topological polar surface area (TPSA) is 91.4 Å². The molecule has 2 atom stereocenters. The summed E-state index contributed by atoms with van der Waals surface area (Å²) in [5, 5.41) is 10.5. The minimum atomic E-state index is -0.861. The third kappa shape index (κ3) is 3.08. The number of nitro groups is 1. The zero-order valence-corrected chi connectivity index (χ0v) is 12.6. The Labute approximate surface area is 127 Å². The number of carbonyl (C=O) groups excluding carboxylic acids is 2. The van der Waals surface area contributed by atoms with Gasteiger partial charge in [0.1, 0.15) is 5.92 Å². The number of ketones is 1. The van der Waals surface area contributed by atoms with Crippen molar-refractivity contribution in [1.29, 1.82) is 0 Å². The minimum Gasteiger partial charge on any atom is -0.457 e. The fourth-order valence-electron chi connectivity index (χ4n) is 2.48. The van der Waals surface area contributed by atoms with Crippen molar-refractivity contribution in [2.75, 3.05) is 6.61 Å². The summed E-state index contributed by atoms with van der Waals surface area (Å²) in [6.45, 7) is 7.57. The lowest BCUT2D eigenvalue weighted by molar-refractivity contribution is -0.497. The zero-order chi connectivity index (χ0) is 16.4. The van der Waals surface area contributed by atoms with Gasteiger partial charge in [0.25, 0.3) is 0 Å². The summed E-state index contributed by atoms with van der Waals surface area (Å²) in [4.78, 5) is 33.8. The first kappa shape index (κ1) is 15.9. The maximum atomic E-state index is 12.1. The molecule has 0 saturated heterocycles. The first-order chi connectivity index (χ1) is 10.4. The van der Waals surface area contributed by atoms with Crippen LogP contribution in [-0.4, -0.2) is 33.9 Å². The minimum absolute atomic E-state index is 0.188. The van der Waals surface area contributed by atoms with Gasteiger partial charge in [-0.05, 0) is 19.9 Å². The lowest BCUT2D eigenvalue weighted by Gasteiger charge is -2.06. The maximum absolute atomic E-state index is 12.1. The molecule has 1 aromatic rings. The Morgan fingerprint density at radius 3 is 2.77 bits per heavy atom. The summed E-state index contributed by atoms with van der Waals surface area (Å²) in [7, 11) is 0. The second-order valence-electron chi connectivity index (χ2n) is 5.41. The number of Topliss-reactive ketones (excluding diaryl/α,β-unsaturated/α-hetero) is 1. The smallest absolute Gasteiger partial charge is 0.316 e. The van der Waals surface area contributed by atoms with Crippen LogP contribution in [0.15, 0.2) is 18.7 Å². The van der Waals surface area contributed by atoms with E-state index in [1.54, 1.807) is 12.1 Å². The third-order valence-corrected chi connectivity index (χ3v) is 3.86. The molecule has 118 valence electrons. The van der Waals surface area contributed by atoms with Crippen LogP contribution in [-0.2, 0) is 16.1 Å². The van der Waals surface area contributed by atoms with Crippen LogP contribution in [0.3, 0.4) is 0 Å². The van der Waals surface area contributed by atoms with E-state index in [0.717, 1.165) is 11.4 Å². The Hall–Kier alpha value is -2.44. The number of ether oxygens (including phenoxy) is 1. The van der Waals surface area contributed by atoms with E-state index in [1.165, 1.54) is 0 Å². The highest BCUT2D eigenvalue weighted by Gasteiger charge is 2.54. The quantitative estimate of drug-likeness (QED) is 0.251. The van der Waals surface area contributed by atoms with Crippen LogP contribution in [0.1, 0.15) is 28.2 Å². The van der Waals surface area contributed by atoms with Crippen molar-refractivity contribution < 1.29 is 19.2 Å². The van der Waals surface area contributed by atoms with Crippen LogP contribution in [0, 0.1) is 29.9 Å². The number of hydrogen-bond acceptors (Lipinski definition) is 5. The van der Waals surface area contributed by atoms with Gasteiger partial charge in [0.15, 0.2) is 6.61 Å². The summed E-state index contributed by atoms with van der Waals surface area (Å²) in [5.41, 5.74) is 2.20. The van der Waals surface area contributed by atoms with Gasteiger partial charge in [-0.2, -0.15) is 0 Å². The molecule has 1 saturated carbocycles. The summed E-state index contributed by atoms with van der Waals surface area (Å²) < 4.78 is 6.84. The van der Waals surface area contributed by atoms with Gasteiger partial charge in [0, 0.05) is 34.8 Å². The number of hydrogen-bond donors (Lipinski definition) is 0. The number of allylic oxidation sites excluding steroid dienone is 1. The normalized spacial score (nSPS) is 19.5. The SMILES string of the molecule is C=CCn1c(C)cc(C(=O)COC(=O)C2CC2[N+](=O)[O-])c1C. The number of nitrogens with zero attached hydrogens (tertiary/aromatic N) is 2. The van der Waals surface area contributed by atoms with Crippen LogP contribution < -0.4 is 0 Å². The highest BCUT2D eigenvalue weighted by molar-refractivity contribution is 5.99. The molecule has 1 fully saturated rings. The molecule has 7 nitrogen and oxygen atoms in total. The molecule has 0 bridgehead atoms. The number of rotatable bonds is 7. The Bertz CT molecular complexity index is 647. The molecule has 2 rings (SSSR count). The van der Waals surface area contributed by atoms with Gasteiger partial charge in [-0.1, -0.05) is 6.08 Å². The standard InChI is InChI=1S/C15H18N2O5/c1-4-5-16-9(2)6-11(10(16)3)14(18)8-22-15(19)12-7-13(12)17(20)21/h4,6,12-13H,1,5,7-8H2,2-3H3. The molecule has 22 heavy (non-hydrogen) atoms. The van der Waals surface area contributed by atoms with Crippen LogP contribution >= 0.6 is 0 Å². The van der Waals surface area contributed by atoms with E-state index in [2.05, 4.69) is 6.58 Å². The van der Waals surface area contributed by atoms with Gasteiger partial charge in [0.05, 0.1) is 0 Å². The Morgan fingerprint density at radius 1 is 1.55 bits per heavy atom. The molecule has 0 aliphatic heterocycles. The molecule has 2 unspecified atom stereocenters. The van der Waals surface area contributed by atoms with E-state index in [1.807, 2.05) is 18.4 Å². The second kappa shape index (κ2) is 6.13. The van der Waals surface area contributed by atoms with E-state index in [4.69, 9.17) is 4.74 Å². The first-order valence-electron chi connectivity index (χ1n) is 6.97. The van der Waals surface area contributed by atoms with E-state index >= 15 is 0 Å². The third-order valence-electron chi connectivity index (χ3n) is 3.86. The summed E-state index contributed by atoms with van der Waals surface area (Å²) in [6, 6.07) is 0.881. The van der Waals surface area contributed by atoms with Crippen molar-refractivity contribution in [3.05, 3.63) is 45.8 Å². The number of carbonyl (C=O) groups is 2. The van der Waals surface area contributed by atoms with Crippen molar-refractivity contribution in [2.24, 2.45) is 5.92 Å². The largest absolute Gasteiger partial charge is 0.457 e. The number of aromatic nitrogens is 1. The molecular weight excluding hydrogens is 288 g/mol. The Morgan fingerprint density at radius 2 is 2.23 bits per heavy atom. The van der Waals surface area contributed by atoms with Crippen molar-refractivity contribution in [3.8, 4) is 0 Å². The van der Waals surface area contributed by atoms with E-state index < -0.39 is 29.5 Å². The highest BCUT2D eigenvalue weighted by atomic mass is 16.6. The monoisotopic (exact) mass is 306 g/mol.